The molecule has 0 radical (unpaired) electrons. The minimum atomic E-state index is -1.00. The Balaban J connectivity index is 1.60. The van der Waals surface area contributed by atoms with Crippen LogP contribution in [0.25, 0.3) is 17.4 Å². The smallest absolute Gasteiger partial charge is 0.335 e. The highest BCUT2D eigenvalue weighted by molar-refractivity contribution is 9.10. The molecule has 0 aliphatic carbocycles. The molecule has 0 spiro atoms. The summed E-state index contributed by atoms with van der Waals surface area (Å²) in [5, 5.41) is 9.14. The van der Waals surface area contributed by atoms with Gasteiger partial charge in [-0.1, -0.05) is 52.0 Å². The molecule has 8 heteroatoms. The molecule has 2 heterocycles. The van der Waals surface area contributed by atoms with E-state index in [1.165, 1.54) is 28.8 Å². The first kappa shape index (κ1) is 19.6. The molecule has 0 atom stereocenters. The molecule has 29 heavy (non-hydrogen) atoms. The summed E-state index contributed by atoms with van der Waals surface area (Å²) in [5.74, 6) is -0.219. The first-order valence-electron chi connectivity index (χ1n) is 8.39. The maximum absolute atomic E-state index is 12.8. The molecule has 4 rings (SSSR count). The molecule has 5 nitrogen and oxygen atoms in total. The topological polar surface area (TPSA) is 70.8 Å². The molecular weight excluding hydrogens is 474 g/mol. The van der Waals surface area contributed by atoms with Gasteiger partial charge in [0.25, 0.3) is 5.91 Å². The molecular formula is C21H12BrNO4S2. The van der Waals surface area contributed by atoms with Crippen LogP contribution in [0.1, 0.15) is 16.1 Å². The third-order valence-corrected chi connectivity index (χ3v) is 6.00. The van der Waals surface area contributed by atoms with Gasteiger partial charge in [0.1, 0.15) is 11.5 Å². The van der Waals surface area contributed by atoms with Gasteiger partial charge in [-0.15, -0.1) is 0 Å². The van der Waals surface area contributed by atoms with E-state index in [4.69, 9.17) is 21.7 Å². The van der Waals surface area contributed by atoms with Crippen LogP contribution in [0.5, 0.6) is 0 Å². The minimum absolute atomic E-state index is 0.177. The fourth-order valence-electron chi connectivity index (χ4n) is 2.80. The molecule has 1 saturated heterocycles. The molecule has 0 unspecified atom stereocenters. The van der Waals surface area contributed by atoms with Crippen LogP contribution in [-0.2, 0) is 4.79 Å². The second-order valence-electron chi connectivity index (χ2n) is 6.08. The van der Waals surface area contributed by atoms with Crippen molar-refractivity contribution in [3.63, 3.8) is 0 Å². The Bertz CT molecular complexity index is 1170. The van der Waals surface area contributed by atoms with Crippen molar-refractivity contribution in [2.45, 2.75) is 0 Å². The summed E-state index contributed by atoms with van der Waals surface area (Å²) in [6.07, 6.45) is 1.64. The van der Waals surface area contributed by atoms with E-state index >= 15 is 0 Å². The molecule has 1 amide bonds. The van der Waals surface area contributed by atoms with Gasteiger partial charge >= 0.3 is 5.97 Å². The average Bonchev–Trinajstić information content (AvgIpc) is 3.28. The quantitative estimate of drug-likeness (QED) is 0.371. The molecule has 144 valence electrons. The fourth-order valence-corrected chi connectivity index (χ4v) is 4.34. The first-order valence-corrected chi connectivity index (χ1v) is 10.4. The molecule has 2 aromatic carbocycles. The number of carboxylic acids is 1. The third-order valence-electron chi connectivity index (χ3n) is 4.17. The second-order valence-corrected chi connectivity index (χ2v) is 8.67. The van der Waals surface area contributed by atoms with Gasteiger partial charge in [0.05, 0.1) is 16.2 Å². The lowest BCUT2D eigenvalue weighted by atomic mass is 10.1. The van der Waals surface area contributed by atoms with Crippen LogP contribution in [0.3, 0.4) is 0 Å². The third kappa shape index (κ3) is 4.05. The highest BCUT2D eigenvalue weighted by Gasteiger charge is 2.33. The first-order chi connectivity index (χ1) is 13.9. The Morgan fingerprint density at radius 1 is 1.14 bits per heavy atom. The van der Waals surface area contributed by atoms with Gasteiger partial charge < -0.3 is 9.52 Å². The monoisotopic (exact) mass is 485 g/mol. The summed E-state index contributed by atoms with van der Waals surface area (Å²) in [6, 6.07) is 17.3. The maximum Gasteiger partial charge on any atom is 0.335 e. The number of hydrogen-bond donors (Lipinski definition) is 1. The van der Waals surface area contributed by atoms with Gasteiger partial charge in [0.2, 0.25) is 0 Å². The van der Waals surface area contributed by atoms with E-state index in [1.807, 2.05) is 24.3 Å². The Morgan fingerprint density at radius 2 is 1.90 bits per heavy atom. The molecule has 1 aliphatic rings. The number of thiocarbonyl (C=S) groups is 1. The number of amides is 1. The van der Waals surface area contributed by atoms with E-state index in [0.29, 0.717) is 32.0 Å². The van der Waals surface area contributed by atoms with Crippen molar-refractivity contribution in [2.75, 3.05) is 4.90 Å². The van der Waals surface area contributed by atoms with Crippen molar-refractivity contribution in [3.8, 4) is 11.3 Å². The van der Waals surface area contributed by atoms with Crippen molar-refractivity contribution in [1.82, 2.24) is 0 Å². The number of thioether (sulfide) groups is 1. The molecule has 0 saturated carbocycles. The molecule has 1 aromatic heterocycles. The summed E-state index contributed by atoms with van der Waals surface area (Å²) in [7, 11) is 0. The lowest BCUT2D eigenvalue weighted by Crippen LogP contribution is -2.27. The summed E-state index contributed by atoms with van der Waals surface area (Å²) in [5.41, 5.74) is 1.52. The van der Waals surface area contributed by atoms with Gasteiger partial charge in [0.15, 0.2) is 4.32 Å². The van der Waals surface area contributed by atoms with E-state index in [2.05, 4.69) is 15.9 Å². The average molecular weight is 486 g/mol. The molecule has 1 aliphatic heterocycles. The van der Waals surface area contributed by atoms with Crippen LogP contribution >= 0.6 is 39.9 Å². The zero-order valence-corrected chi connectivity index (χ0v) is 17.9. The number of hydrogen-bond acceptors (Lipinski definition) is 5. The number of carbonyl (C=O) groups is 2. The number of furan rings is 1. The lowest BCUT2D eigenvalue weighted by Gasteiger charge is -2.14. The van der Waals surface area contributed by atoms with Gasteiger partial charge in [-0.3, -0.25) is 9.69 Å². The van der Waals surface area contributed by atoms with E-state index in [-0.39, 0.29) is 11.5 Å². The Hall–Kier alpha value is -2.68. The van der Waals surface area contributed by atoms with Crippen LogP contribution in [0.2, 0.25) is 0 Å². The predicted octanol–water partition coefficient (Wildman–Crippen LogP) is 5.81. The van der Waals surface area contributed by atoms with Crippen LogP contribution in [0, 0.1) is 0 Å². The number of halogens is 1. The van der Waals surface area contributed by atoms with Gasteiger partial charge in [-0.2, -0.15) is 0 Å². The van der Waals surface area contributed by atoms with Crippen LogP contribution < -0.4 is 4.90 Å². The number of carbonyl (C=O) groups excluding carboxylic acids is 1. The Kier molecular flexibility index (Phi) is 5.40. The summed E-state index contributed by atoms with van der Waals surface area (Å²) in [4.78, 5) is 25.9. The van der Waals surface area contributed by atoms with E-state index in [1.54, 1.807) is 30.3 Å². The molecule has 1 N–H and O–H groups in total. The van der Waals surface area contributed by atoms with Crippen molar-refractivity contribution >= 4 is 67.9 Å². The zero-order chi connectivity index (χ0) is 20.5. The van der Waals surface area contributed by atoms with E-state index in [0.717, 1.165) is 4.47 Å². The SMILES string of the molecule is O=C(O)c1cccc(-c2ccc(/C=C3\SC(=S)N(c4ccc(Br)cc4)C3=O)o2)c1. The summed E-state index contributed by atoms with van der Waals surface area (Å²) < 4.78 is 7.17. The minimum Gasteiger partial charge on any atom is -0.478 e. The van der Waals surface area contributed by atoms with Gasteiger partial charge in [0, 0.05) is 16.1 Å². The summed E-state index contributed by atoms with van der Waals surface area (Å²) in [6.45, 7) is 0. The number of carboxylic acid groups (broad SMARTS) is 1. The highest BCUT2D eigenvalue weighted by atomic mass is 79.9. The maximum atomic E-state index is 12.8. The normalized spacial score (nSPS) is 15.3. The molecule has 0 bridgehead atoms. The van der Waals surface area contributed by atoms with Gasteiger partial charge in [-0.25, -0.2) is 4.79 Å². The lowest BCUT2D eigenvalue weighted by molar-refractivity contribution is -0.113. The molecule has 3 aromatic rings. The van der Waals surface area contributed by atoms with E-state index in [9.17, 15) is 9.59 Å². The van der Waals surface area contributed by atoms with Crippen LogP contribution in [0.15, 0.2) is 74.5 Å². The van der Waals surface area contributed by atoms with Crippen LogP contribution in [0.4, 0.5) is 5.69 Å². The number of anilines is 1. The fraction of sp³-hybridized carbons (Fsp3) is 0. The van der Waals surface area contributed by atoms with Crippen molar-refractivity contribution in [1.29, 1.82) is 0 Å². The number of benzene rings is 2. The summed E-state index contributed by atoms with van der Waals surface area (Å²) >= 11 is 9.96. The number of aromatic carboxylic acids is 1. The Labute approximate surface area is 184 Å². The van der Waals surface area contributed by atoms with Crippen molar-refractivity contribution in [2.24, 2.45) is 0 Å². The van der Waals surface area contributed by atoms with Gasteiger partial charge in [-0.05, 0) is 48.5 Å². The zero-order valence-electron chi connectivity index (χ0n) is 14.7. The van der Waals surface area contributed by atoms with Crippen LogP contribution in [-0.4, -0.2) is 21.3 Å². The van der Waals surface area contributed by atoms with Crippen molar-refractivity contribution in [3.05, 3.63) is 81.4 Å². The van der Waals surface area contributed by atoms with Crippen molar-refractivity contribution < 1.29 is 19.1 Å². The number of nitrogens with zero attached hydrogens (tertiary/aromatic N) is 1. The highest BCUT2D eigenvalue weighted by Crippen LogP contribution is 2.37. The largest absolute Gasteiger partial charge is 0.478 e. The number of rotatable bonds is 4. The van der Waals surface area contributed by atoms with E-state index < -0.39 is 5.97 Å². The standard InChI is InChI=1S/C21H12BrNO4S2/c22-14-4-6-15(7-5-14)23-19(24)18(29-21(23)28)11-16-8-9-17(27-16)12-2-1-3-13(10-12)20(25)26/h1-11H,(H,25,26)/b18-11-. The Morgan fingerprint density at radius 3 is 2.62 bits per heavy atom. The molecule has 1 fully saturated rings. The predicted molar refractivity (Wildman–Crippen MR) is 121 cm³/mol. The second kappa shape index (κ2) is 7.98.